The Kier molecular flexibility index (Phi) is 6.29. The van der Waals surface area contributed by atoms with Crippen molar-refractivity contribution in [3.8, 4) is 0 Å². The first kappa shape index (κ1) is 15.4. The van der Waals surface area contributed by atoms with Crippen molar-refractivity contribution in [2.24, 2.45) is 0 Å². The molecule has 0 aliphatic rings. The van der Waals surface area contributed by atoms with E-state index in [0.29, 0.717) is 18.2 Å². The molecular weight excluding hydrogens is 258 g/mol. The fourth-order valence-corrected chi connectivity index (χ4v) is 1.99. The third-order valence-corrected chi connectivity index (χ3v) is 3.01. The van der Waals surface area contributed by atoms with Gasteiger partial charge in [0.05, 0.1) is 6.54 Å². The van der Waals surface area contributed by atoms with Gasteiger partial charge in [-0.05, 0) is 50.7 Å². The van der Waals surface area contributed by atoms with Crippen molar-refractivity contribution in [1.82, 2.24) is 10.2 Å². The summed E-state index contributed by atoms with van der Waals surface area (Å²) >= 11 is 5.34. The van der Waals surface area contributed by atoms with E-state index >= 15 is 0 Å². The Morgan fingerprint density at radius 3 is 2.68 bits per heavy atom. The van der Waals surface area contributed by atoms with Crippen LogP contribution in [-0.4, -0.2) is 35.6 Å². The first-order chi connectivity index (χ1) is 9.06. The summed E-state index contributed by atoms with van der Waals surface area (Å²) in [4.78, 5) is 13.4. The van der Waals surface area contributed by atoms with Gasteiger partial charge < -0.3 is 15.5 Å². The smallest absolute Gasteiger partial charge is 0.239 e. The summed E-state index contributed by atoms with van der Waals surface area (Å²) in [6.07, 6.45) is 0. The molecule has 1 amide bonds. The van der Waals surface area contributed by atoms with Crippen LogP contribution in [0, 0.1) is 6.92 Å². The first-order valence-corrected chi connectivity index (χ1v) is 6.87. The highest BCUT2D eigenvalue weighted by Gasteiger charge is 2.11. The molecule has 0 aromatic heterocycles. The molecule has 0 radical (unpaired) electrons. The molecular formula is C14H21N3OS. The van der Waals surface area contributed by atoms with E-state index in [1.165, 1.54) is 5.56 Å². The highest BCUT2D eigenvalue weighted by atomic mass is 32.1. The van der Waals surface area contributed by atoms with E-state index in [-0.39, 0.29) is 12.5 Å². The summed E-state index contributed by atoms with van der Waals surface area (Å²) in [5, 5.41) is 6.50. The van der Waals surface area contributed by atoms with Gasteiger partial charge in [-0.25, -0.2) is 0 Å². The Labute approximate surface area is 120 Å². The molecule has 0 saturated heterocycles. The summed E-state index contributed by atoms with van der Waals surface area (Å²) in [5.74, 6) is -0.0160. The number of aryl methyl sites for hydroxylation is 1. The Bertz CT molecular complexity index is 448. The van der Waals surface area contributed by atoms with Gasteiger partial charge in [0.1, 0.15) is 0 Å². The number of carbonyl (C=O) groups is 1. The fraction of sp³-hybridized carbons (Fsp3) is 0.429. The second-order valence-electron chi connectivity index (χ2n) is 4.27. The molecule has 5 heteroatoms. The summed E-state index contributed by atoms with van der Waals surface area (Å²) in [6, 6.07) is 7.98. The van der Waals surface area contributed by atoms with Gasteiger partial charge in [-0.3, -0.25) is 4.79 Å². The molecule has 0 bridgehead atoms. The zero-order valence-corrected chi connectivity index (χ0v) is 12.5. The maximum atomic E-state index is 11.6. The lowest BCUT2D eigenvalue weighted by molar-refractivity contribution is -0.121. The number of carbonyl (C=O) groups excluding carboxylic acids is 1. The van der Waals surface area contributed by atoms with E-state index in [1.807, 2.05) is 49.9 Å². The van der Waals surface area contributed by atoms with Crippen LogP contribution in [-0.2, 0) is 4.79 Å². The lowest BCUT2D eigenvalue weighted by Crippen LogP contribution is -2.42. The van der Waals surface area contributed by atoms with E-state index in [0.717, 1.165) is 5.69 Å². The van der Waals surface area contributed by atoms with Crippen molar-refractivity contribution >= 4 is 28.9 Å². The topological polar surface area (TPSA) is 44.4 Å². The lowest BCUT2D eigenvalue weighted by atomic mass is 10.2. The monoisotopic (exact) mass is 279 g/mol. The van der Waals surface area contributed by atoms with Crippen molar-refractivity contribution in [1.29, 1.82) is 0 Å². The van der Waals surface area contributed by atoms with Gasteiger partial charge in [0.15, 0.2) is 5.11 Å². The van der Waals surface area contributed by atoms with Crippen molar-refractivity contribution in [3.63, 3.8) is 0 Å². The van der Waals surface area contributed by atoms with Crippen LogP contribution in [0.2, 0.25) is 0 Å². The molecule has 1 aromatic rings. The van der Waals surface area contributed by atoms with Crippen LogP contribution in [0.1, 0.15) is 19.4 Å². The normalized spacial score (nSPS) is 9.84. The predicted octanol–water partition coefficient (Wildman–Crippen LogP) is 2.15. The number of thiocarbonyl (C=S) groups is 1. The molecule has 0 saturated carbocycles. The number of hydrogen-bond donors (Lipinski definition) is 2. The Balaban J connectivity index is 2.61. The van der Waals surface area contributed by atoms with Crippen molar-refractivity contribution in [2.75, 3.05) is 25.0 Å². The SMILES string of the molecule is CCNC(=O)CN(CC)C(=S)Nc1cccc(C)c1. The fourth-order valence-electron chi connectivity index (χ4n) is 1.68. The summed E-state index contributed by atoms with van der Waals surface area (Å²) in [7, 11) is 0. The van der Waals surface area contributed by atoms with Crippen molar-refractivity contribution in [3.05, 3.63) is 29.8 Å². The summed E-state index contributed by atoms with van der Waals surface area (Å²) in [6.45, 7) is 7.51. The number of amides is 1. The number of hydrogen-bond acceptors (Lipinski definition) is 2. The largest absolute Gasteiger partial charge is 0.355 e. The number of rotatable bonds is 5. The van der Waals surface area contributed by atoms with E-state index in [1.54, 1.807) is 0 Å². The van der Waals surface area contributed by atoms with Crippen LogP contribution in [0.4, 0.5) is 5.69 Å². The highest BCUT2D eigenvalue weighted by Crippen LogP contribution is 2.10. The number of anilines is 1. The van der Waals surface area contributed by atoms with Gasteiger partial charge in [-0.1, -0.05) is 12.1 Å². The Hall–Kier alpha value is -1.62. The quantitative estimate of drug-likeness (QED) is 0.811. The molecule has 0 aliphatic carbocycles. The van der Waals surface area contributed by atoms with Crippen LogP contribution < -0.4 is 10.6 Å². The lowest BCUT2D eigenvalue weighted by Gasteiger charge is -2.23. The van der Waals surface area contributed by atoms with Crippen LogP contribution in [0.25, 0.3) is 0 Å². The average Bonchev–Trinajstić information content (AvgIpc) is 2.36. The van der Waals surface area contributed by atoms with Crippen LogP contribution in [0.5, 0.6) is 0 Å². The molecule has 0 fully saturated rings. The maximum absolute atomic E-state index is 11.6. The minimum absolute atomic E-state index is 0.0160. The highest BCUT2D eigenvalue weighted by molar-refractivity contribution is 7.80. The second kappa shape index (κ2) is 7.74. The van der Waals surface area contributed by atoms with E-state index in [2.05, 4.69) is 10.6 Å². The minimum Gasteiger partial charge on any atom is -0.355 e. The van der Waals surface area contributed by atoms with Crippen LogP contribution >= 0.6 is 12.2 Å². The zero-order chi connectivity index (χ0) is 14.3. The Morgan fingerprint density at radius 2 is 2.11 bits per heavy atom. The third-order valence-electron chi connectivity index (χ3n) is 2.65. The number of nitrogens with one attached hydrogen (secondary N) is 2. The van der Waals surface area contributed by atoms with Gasteiger partial charge in [0, 0.05) is 18.8 Å². The summed E-state index contributed by atoms with van der Waals surface area (Å²) in [5.41, 5.74) is 2.11. The zero-order valence-electron chi connectivity index (χ0n) is 11.7. The minimum atomic E-state index is -0.0160. The van der Waals surface area contributed by atoms with Gasteiger partial charge in [-0.15, -0.1) is 0 Å². The maximum Gasteiger partial charge on any atom is 0.239 e. The van der Waals surface area contributed by atoms with Crippen LogP contribution in [0.3, 0.4) is 0 Å². The van der Waals surface area contributed by atoms with E-state index in [9.17, 15) is 4.79 Å². The van der Waals surface area contributed by atoms with E-state index in [4.69, 9.17) is 12.2 Å². The molecule has 19 heavy (non-hydrogen) atoms. The number of likely N-dealkylation sites (N-methyl/N-ethyl adjacent to an activating group) is 2. The third kappa shape index (κ3) is 5.26. The standard InChI is InChI=1S/C14H21N3OS/c1-4-15-13(18)10-17(5-2)14(19)16-12-8-6-7-11(3)9-12/h6-9H,4-5,10H2,1-3H3,(H,15,18)(H,16,19). The molecule has 0 atom stereocenters. The predicted molar refractivity (Wildman–Crippen MR) is 83.3 cm³/mol. The Morgan fingerprint density at radius 1 is 1.37 bits per heavy atom. The van der Waals surface area contributed by atoms with Crippen molar-refractivity contribution in [2.45, 2.75) is 20.8 Å². The molecule has 1 aromatic carbocycles. The number of benzene rings is 1. The second-order valence-corrected chi connectivity index (χ2v) is 4.65. The first-order valence-electron chi connectivity index (χ1n) is 6.46. The molecule has 104 valence electrons. The van der Waals surface area contributed by atoms with E-state index < -0.39 is 0 Å². The molecule has 2 N–H and O–H groups in total. The van der Waals surface area contributed by atoms with Crippen molar-refractivity contribution < 1.29 is 4.79 Å². The molecule has 4 nitrogen and oxygen atoms in total. The summed E-state index contributed by atoms with van der Waals surface area (Å²) < 4.78 is 0. The van der Waals surface area contributed by atoms with Gasteiger partial charge in [0.2, 0.25) is 5.91 Å². The van der Waals surface area contributed by atoms with Gasteiger partial charge in [0.25, 0.3) is 0 Å². The molecule has 0 aliphatic heterocycles. The molecule has 0 heterocycles. The van der Waals surface area contributed by atoms with Gasteiger partial charge >= 0.3 is 0 Å². The molecule has 0 unspecified atom stereocenters. The average molecular weight is 279 g/mol. The van der Waals surface area contributed by atoms with Gasteiger partial charge in [-0.2, -0.15) is 0 Å². The van der Waals surface area contributed by atoms with Crippen LogP contribution in [0.15, 0.2) is 24.3 Å². The number of nitrogens with zero attached hydrogens (tertiary/aromatic N) is 1. The molecule has 1 rings (SSSR count). The molecule has 0 spiro atoms.